The number of benzene rings is 1. The number of amides is 1. The molecule has 4 rings (SSSR count). The number of hydrogen-bond donors (Lipinski definition) is 1. The zero-order chi connectivity index (χ0) is 21.7. The molecule has 0 radical (unpaired) electrons. The number of aryl methyl sites for hydroxylation is 2. The Hall–Kier alpha value is -2.26. The van der Waals surface area contributed by atoms with Gasteiger partial charge in [-0.2, -0.15) is 9.29 Å². The monoisotopic (exact) mass is 432 g/mol. The van der Waals surface area contributed by atoms with Gasteiger partial charge >= 0.3 is 0 Å². The third-order valence-corrected chi connectivity index (χ3v) is 7.96. The average Bonchev–Trinajstić information content (AvgIpc) is 3.26. The minimum atomic E-state index is -3.71. The molecule has 2 aliphatic rings. The van der Waals surface area contributed by atoms with Crippen LogP contribution >= 0.6 is 0 Å². The predicted molar refractivity (Wildman–Crippen MR) is 112 cm³/mol. The number of nitrogens with zero attached hydrogens (tertiary/aromatic N) is 3. The summed E-state index contributed by atoms with van der Waals surface area (Å²) in [6.45, 7) is 8.26. The average molecular weight is 433 g/mol. The van der Waals surface area contributed by atoms with Crippen LogP contribution in [0, 0.1) is 6.92 Å². The van der Waals surface area contributed by atoms with Gasteiger partial charge in [0.1, 0.15) is 0 Å². The molecule has 1 N–H and O–H groups in total. The summed E-state index contributed by atoms with van der Waals surface area (Å²) >= 11 is 0. The summed E-state index contributed by atoms with van der Waals surface area (Å²) in [5.41, 5.74) is 1.42. The second kappa shape index (κ2) is 7.46. The lowest BCUT2D eigenvalue weighted by Gasteiger charge is -2.30. The van der Waals surface area contributed by atoms with E-state index in [1.807, 2.05) is 27.7 Å². The Labute approximate surface area is 177 Å². The van der Waals surface area contributed by atoms with E-state index in [0.717, 1.165) is 42.5 Å². The highest BCUT2D eigenvalue weighted by Crippen LogP contribution is 2.41. The van der Waals surface area contributed by atoms with Crippen LogP contribution in [-0.4, -0.2) is 41.9 Å². The Kier molecular flexibility index (Phi) is 5.22. The standard InChI is InChI=1S/C21H28N4O4S/c1-5-7-17-22-19(29-24-17)14-8-6-9-25(12-14)30(27,28)15-10-13(2)18-16(11-15)21(3,4)20(26)23-18/h10-11,14H,5-9,12H2,1-4H3,(H,23,26). The molecule has 1 unspecified atom stereocenters. The molecule has 1 amide bonds. The maximum atomic E-state index is 13.5. The first kappa shape index (κ1) is 21.0. The number of nitrogens with one attached hydrogen (secondary N) is 1. The van der Waals surface area contributed by atoms with Crippen LogP contribution in [0.25, 0.3) is 0 Å². The quantitative estimate of drug-likeness (QED) is 0.778. The number of hydrogen-bond acceptors (Lipinski definition) is 6. The normalized spacial score (nSPS) is 21.5. The molecular formula is C21H28N4O4S. The maximum Gasteiger partial charge on any atom is 0.243 e. The van der Waals surface area contributed by atoms with Crippen molar-refractivity contribution < 1.29 is 17.7 Å². The van der Waals surface area contributed by atoms with Gasteiger partial charge < -0.3 is 9.84 Å². The van der Waals surface area contributed by atoms with Crippen molar-refractivity contribution in [3.63, 3.8) is 0 Å². The van der Waals surface area contributed by atoms with Crippen molar-refractivity contribution in [1.29, 1.82) is 0 Å². The fraction of sp³-hybridized carbons (Fsp3) is 0.571. The number of anilines is 1. The number of carbonyl (C=O) groups is 1. The van der Waals surface area contributed by atoms with Crippen molar-refractivity contribution >= 4 is 21.6 Å². The van der Waals surface area contributed by atoms with Gasteiger partial charge in [-0.05, 0) is 63.3 Å². The smallest absolute Gasteiger partial charge is 0.243 e. The maximum absolute atomic E-state index is 13.5. The van der Waals surface area contributed by atoms with Gasteiger partial charge in [-0.3, -0.25) is 4.79 Å². The first-order chi connectivity index (χ1) is 14.1. The topological polar surface area (TPSA) is 105 Å². The van der Waals surface area contributed by atoms with Crippen molar-refractivity contribution in [3.05, 3.63) is 35.0 Å². The van der Waals surface area contributed by atoms with Gasteiger partial charge in [-0.15, -0.1) is 0 Å². The van der Waals surface area contributed by atoms with E-state index in [1.54, 1.807) is 12.1 Å². The highest BCUT2D eigenvalue weighted by Gasteiger charge is 2.41. The fourth-order valence-corrected chi connectivity index (χ4v) is 5.86. The van der Waals surface area contributed by atoms with Gasteiger partial charge in [-0.1, -0.05) is 12.1 Å². The summed E-state index contributed by atoms with van der Waals surface area (Å²) < 4.78 is 33.9. The van der Waals surface area contributed by atoms with Gasteiger partial charge in [0, 0.05) is 25.2 Å². The van der Waals surface area contributed by atoms with Crippen LogP contribution in [0.2, 0.25) is 0 Å². The second-order valence-electron chi connectivity index (χ2n) is 8.74. The molecule has 1 atom stereocenters. The molecule has 0 saturated carbocycles. The molecule has 0 bridgehead atoms. The summed E-state index contributed by atoms with van der Waals surface area (Å²) in [6, 6.07) is 3.29. The molecule has 8 nitrogen and oxygen atoms in total. The Bertz CT molecular complexity index is 1090. The lowest BCUT2D eigenvalue weighted by atomic mass is 9.85. The fourth-order valence-electron chi connectivity index (χ4n) is 4.22. The van der Waals surface area contributed by atoms with E-state index in [2.05, 4.69) is 15.5 Å². The van der Waals surface area contributed by atoms with Crippen molar-refractivity contribution in [1.82, 2.24) is 14.4 Å². The molecule has 0 spiro atoms. The first-order valence-corrected chi connectivity index (χ1v) is 11.9. The minimum Gasteiger partial charge on any atom is -0.339 e. The van der Waals surface area contributed by atoms with Crippen LogP contribution in [0.15, 0.2) is 21.6 Å². The van der Waals surface area contributed by atoms with Crippen molar-refractivity contribution in [2.75, 3.05) is 18.4 Å². The molecule has 0 aliphatic carbocycles. The zero-order valence-electron chi connectivity index (χ0n) is 17.9. The number of fused-ring (bicyclic) bond motifs is 1. The van der Waals surface area contributed by atoms with E-state index >= 15 is 0 Å². The molecule has 1 aromatic heterocycles. The molecule has 1 aromatic carbocycles. The number of aromatic nitrogens is 2. The number of piperidine rings is 1. The molecule has 162 valence electrons. The first-order valence-electron chi connectivity index (χ1n) is 10.4. The van der Waals surface area contributed by atoms with Gasteiger partial charge in [0.15, 0.2) is 5.82 Å². The Morgan fingerprint density at radius 3 is 2.83 bits per heavy atom. The van der Waals surface area contributed by atoms with E-state index in [-0.39, 0.29) is 16.7 Å². The van der Waals surface area contributed by atoms with E-state index in [1.165, 1.54) is 4.31 Å². The molecule has 2 aromatic rings. The van der Waals surface area contributed by atoms with Crippen LogP contribution in [0.1, 0.15) is 68.8 Å². The Morgan fingerprint density at radius 2 is 2.10 bits per heavy atom. The van der Waals surface area contributed by atoms with Gasteiger partial charge in [0.25, 0.3) is 0 Å². The molecule has 1 saturated heterocycles. The summed E-state index contributed by atoms with van der Waals surface area (Å²) in [6.07, 6.45) is 3.21. The summed E-state index contributed by atoms with van der Waals surface area (Å²) in [7, 11) is -3.71. The Balaban J connectivity index is 1.63. The van der Waals surface area contributed by atoms with Gasteiger partial charge in [0.2, 0.25) is 21.8 Å². The predicted octanol–water partition coefficient (Wildman–Crippen LogP) is 3.13. The number of sulfonamides is 1. The zero-order valence-corrected chi connectivity index (χ0v) is 18.7. The minimum absolute atomic E-state index is 0.109. The molecular weight excluding hydrogens is 404 g/mol. The molecule has 3 heterocycles. The number of carbonyl (C=O) groups excluding carboxylic acids is 1. The Morgan fingerprint density at radius 1 is 1.33 bits per heavy atom. The summed E-state index contributed by atoms with van der Waals surface area (Å²) in [5.74, 6) is 0.954. The van der Waals surface area contributed by atoms with E-state index < -0.39 is 15.4 Å². The summed E-state index contributed by atoms with van der Waals surface area (Å²) in [4.78, 5) is 17.0. The van der Waals surface area contributed by atoms with Crippen LogP contribution in [0.4, 0.5) is 5.69 Å². The SMILES string of the molecule is CCCc1noc(C2CCCN(S(=O)(=O)c3cc(C)c4c(c3)C(C)(C)C(=O)N4)C2)n1. The molecule has 30 heavy (non-hydrogen) atoms. The van der Waals surface area contributed by atoms with Crippen LogP contribution in [0.3, 0.4) is 0 Å². The lowest BCUT2D eigenvalue weighted by molar-refractivity contribution is -0.119. The van der Waals surface area contributed by atoms with E-state index in [4.69, 9.17) is 4.52 Å². The van der Waals surface area contributed by atoms with Crippen LogP contribution in [-0.2, 0) is 26.7 Å². The van der Waals surface area contributed by atoms with Crippen molar-refractivity contribution in [2.24, 2.45) is 0 Å². The molecule has 2 aliphatic heterocycles. The van der Waals surface area contributed by atoms with E-state index in [9.17, 15) is 13.2 Å². The third kappa shape index (κ3) is 3.43. The van der Waals surface area contributed by atoms with Gasteiger partial charge in [0.05, 0.1) is 16.2 Å². The van der Waals surface area contributed by atoms with Crippen LogP contribution in [0.5, 0.6) is 0 Å². The van der Waals surface area contributed by atoms with Crippen molar-refractivity contribution in [2.45, 2.75) is 69.6 Å². The highest BCUT2D eigenvalue weighted by atomic mass is 32.2. The summed E-state index contributed by atoms with van der Waals surface area (Å²) in [5, 5.41) is 6.89. The molecule has 9 heteroatoms. The van der Waals surface area contributed by atoms with Crippen molar-refractivity contribution in [3.8, 4) is 0 Å². The molecule has 1 fully saturated rings. The second-order valence-corrected chi connectivity index (χ2v) is 10.7. The van der Waals surface area contributed by atoms with Gasteiger partial charge in [-0.25, -0.2) is 8.42 Å². The number of rotatable bonds is 5. The van der Waals surface area contributed by atoms with Crippen LogP contribution < -0.4 is 5.32 Å². The lowest BCUT2D eigenvalue weighted by Crippen LogP contribution is -2.39. The third-order valence-electron chi connectivity index (χ3n) is 6.12. The highest BCUT2D eigenvalue weighted by molar-refractivity contribution is 7.89. The largest absolute Gasteiger partial charge is 0.339 e. The van der Waals surface area contributed by atoms with E-state index in [0.29, 0.717) is 24.8 Å².